The number of aromatic amines is 1. The van der Waals surface area contributed by atoms with Crippen molar-refractivity contribution in [3.05, 3.63) is 70.5 Å². The normalized spacial score (nSPS) is 11.6. The number of H-pyrrole nitrogens is 1. The van der Waals surface area contributed by atoms with Crippen LogP contribution < -0.4 is 5.73 Å². The van der Waals surface area contributed by atoms with E-state index in [0.717, 1.165) is 24.3 Å². The second-order valence-corrected chi connectivity index (χ2v) is 6.81. The highest BCUT2D eigenvalue weighted by molar-refractivity contribution is 7.80. The van der Waals surface area contributed by atoms with E-state index >= 15 is 0 Å². The Hall–Kier alpha value is -2.95. The van der Waals surface area contributed by atoms with Crippen LogP contribution in [0.15, 0.2) is 42.7 Å². The smallest absolute Gasteiger partial charge is 0.389 e. The van der Waals surface area contributed by atoms with Crippen LogP contribution in [0.5, 0.6) is 0 Å². The SMILES string of the molecule is Cc1cc(-c2ncn[nH]2)cc(C(F)(F)F)c1.Cc1cc(C(N)=S)cc(C(F)(F)F)c1. The monoisotopic (exact) mass is 446 g/mol. The molecular weight excluding hydrogens is 430 g/mol. The molecule has 2 aromatic carbocycles. The zero-order chi connectivity index (χ0) is 22.7. The average Bonchev–Trinajstić information content (AvgIpc) is 3.14. The lowest BCUT2D eigenvalue weighted by Crippen LogP contribution is -2.12. The molecule has 1 heterocycles. The molecule has 0 bridgehead atoms. The maximum absolute atomic E-state index is 12.5. The van der Waals surface area contributed by atoms with Crippen LogP contribution in [-0.4, -0.2) is 20.2 Å². The van der Waals surface area contributed by atoms with Crippen LogP contribution in [0, 0.1) is 13.8 Å². The summed E-state index contributed by atoms with van der Waals surface area (Å²) in [5.74, 6) is 0.328. The molecule has 3 aromatic rings. The second kappa shape index (κ2) is 8.82. The molecule has 30 heavy (non-hydrogen) atoms. The van der Waals surface area contributed by atoms with Crippen molar-refractivity contribution in [3.63, 3.8) is 0 Å². The fourth-order valence-corrected chi connectivity index (χ4v) is 2.63. The van der Waals surface area contributed by atoms with Gasteiger partial charge in [-0.1, -0.05) is 12.2 Å². The van der Waals surface area contributed by atoms with Crippen molar-refractivity contribution < 1.29 is 26.3 Å². The molecule has 160 valence electrons. The number of hydrogen-bond donors (Lipinski definition) is 2. The molecule has 0 saturated heterocycles. The Balaban J connectivity index is 0.000000216. The molecule has 4 nitrogen and oxygen atoms in total. The van der Waals surface area contributed by atoms with Gasteiger partial charge in [-0.3, -0.25) is 5.10 Å². The maximum atomic E-state index is 12.5. The van der Waals surface area contributed by atoms with Gasteiger partial charge in [0.25, 0.3) is 0 Å². The number of nitrogens with one attached hydrogen (secondary N) is 1. The third-order valence-corrected chi connectivity index (χ3v) is 4.02. The third kappa shape index (κ3) is 6.28. The van der Waals surface area contributed by atoms with Gasteiger partial charge >= 0.3 is 12.4 Å². The van der Waals surface area contributed by atoms with Crippen molar-refractivity contribution in [3.8, 4) is 11.4 Å². The first-order valence-electron chi connectivity index (χ1n) is 8.30. The van der Waals surface area contributed by atoms with E-state index in [2.05, 4.69) is 27.4 Å². The van der Waals surface area contributed by atoms with E-state index < -0.39 is 23.5 Å². The number of rotatable bonds is 2. The van der Waals surface area contributed by atoms with Gasteiger partial charge < -0.3 is 5.73 Å². The van der Waals surface area contributed by atoms with Gasteiger partial charge in [-0.25, -0.2) is 4.98 Å². The van der Waals surface area contributed by atoms with Gasteiger partial charge in [0.2, 0.25) is 0 Å². The number of nitrogens with zero attached hydrogens (tertiary/aromatic N) is 2. The minimum Gasteiger partial charge on any atom is -0.389 e. The van der Waals surface area contributed by atoms with Gasteiger partial charge in [0.1, 0.15) is 11.3 Å². The summed E-state index contributed by atoms with van der Waals surface area (Å²) in [6, 6.07) is 7.30. The van der Waals surface area contributed by atoms with E-state index in [4.69, 9.17) is 5.73 Å². The summed E-state index contributed by atoms with van der Waals surface area (Å²) in [6.07, 6.45) is -7.45. The molecule has 0 aliphatic rings. The molecule has 3 N–H and O–H groups in total. The van der Waals surface area contributed by atoms with Crippen LogP contribution in [-0.2, 0) is 12.4 Å². The first kappa shape index (κ1) is 23.3. The number of aromatic nitrogens is 3. The van der Waals surface area contributed by atoms with Crippen LogP contribution in [0.1, 0.15) is 27.8 Å². The lowest BCUT2D eigenvalue weighted by Gasteiger charge is -2.09. The van der Waals surface area contributed by atoms with Crippen LogP contribution in [0.4, 0.5) is 26.3 Å². The van der Waals surface area contributed by atoms with Gasteiger partial charge in [0.15, 0.2) is 5.82 Å². The topological polar surface area (TPSA) is 67.6 Å². The zero-order valence-electron chi connectivity index (χ0n) is 15.7. The van der Waals surface area contributed by atoms with E-state index in [0.29, 0.717) is 22.5 Å². The van der Waals surface area contributed by atoms with Gasteiger partial charge in [0, 0.05) is 11.1 Å². The Morgan fingerprint density at radius 2 is 1.40 bits per heavy atom. The summed E-state index contributed by atoms with van der Waals surface area (Å²) in [6.45, 7) is 3.17. The number of benzene rings is 2. The summed E-state index contributed by atoms with van der Waals surface area (Å²) in [7, 11) is 0. The Bertz CT molecular complexity index is 1030. The summed E-state index contributed by atoms with van der Waals surface area (Å²) in [4.78, 5) is 3.79. The molecule has 1 aromatic heterocycles. The summed E-state index contributed by atoms with van der Waals surface area (Å²) >= 11 is 4.61. The quantitative estimate of drug-likeness (QED) is 0.406. The van der Waals surface area contributed by atoms with Gasteiger partial charge in [0.05, 0.1) is 11.1 Å². The number of halogens is 6. The minimum absolute atomic E-state index is 0.0285. The van der Waals surface area contributed by atoms with Gasteiger partial charge in [-0.15, -0.1) is 0 Å². The Morgan fingerprint density at radius 3 is 1.87 bits per heavy atom. The predicted octanol–water partition coefficient (Wildman–Crippen LogP) is 5.45. The lowest BCUT2D eigenvalue weighted by atomic mass is 10.1. The summed E-state index contributed by atoms with van der Waals surface area (Å²) in [5, 5.41) is 6.13. The number of nitrogens with two attached hydrogens (primary N) is 1. The fraction of sp³-hybridized carbons (Fsp3) is 0.211. The highest BCUT2D eigenvalue weighted by atomic mass is 32.1. The molecular formula is C19H16F6N4S. The second-order valence-electron chi connectivity index (χ2n) is 6.37. The molecule has 11 heteroatoms. The predicted molar refractivity (Wildman–Crippen MR) is 104 cm³/mol. The summed E-state index contributed by atoms with van der Waals surface area (Å²) in [5.41, 5.74) is 5.50. The Morgan fingerprint density at radius 1 is 0.867 bits per heavy atom. The van der Waals surface area contributed by atoms with Crippen LogP contribution >= 0.6 is 12.2 Å². The number of aryl methyl sites for hydroxylation is 2. The average molecular weight is 446 g/mol. The van der Waals surface area contributed by atoms with Crippen molar-refractivity contribution in [2.45, 2.75) is 26.2 Å². The molecule has 0 aliphatic carbocycles. The van der Waals surface area contributed by atoms with Crippen molar-refractivity contribution in [1.29, 1.82) is 0 Å². The van der Waals surface area contributed by atoms with Crippen molar-refractivity contribution >= 4 is 17.2 Å². The van der Waals surface area contributed by atoms with Gasteiger partial charge in [-0.05, 0) is 61.4 Å². The van der Waals surface area contributed by atoms with E-state index in [1.54, 1.807) is 19.9 Å². The fourth-order valence-electron chi connectivity index (χ4n) is 2.52. The van der Waals surface area contributed by atoms with Crippen molar-refractivity contribution in [2.75, 3.05) is 0 Å². The molecule has 0 atom stereocenters. The maximum Gasteiger partial charge on any atom is 0.416 e. The number of hydrogen-bond acceptors (Lipinski definition) is 3. The molecule has 3 rings (SSSR count). The molecule has 0 radical (unpaired) electrons. The minimum atomic E-state index is -4.36. The highest BCUT2D eigenvalue weighted by Crippen LogP contribution is 2.32. The molecule has 0 saturated carbocycles. The Kier molecular flexibility index (Phi) is 6.86. The van der Waals surface area contributed by atoms with Crippen molar-refractivity contribution in [2.24, 2.45) is 5.73 Å². The number of thiocarbonyl (C=S) groups is 1. The van der Waals surface area contributed by atoms with Crippen LogP contribution in [0.3, 0.4) is 0 Å². The first-order chi connectivity index (χ1) is 13.8. The molecule has 0 unspecified atom stereocenters. The van der Waals surface area contributed by atoms with Crippen LogP contribution in [0.2, 0.25) is 0 Å². The van der Waals surface area contributed by atoms with Crippen molar-refractivity contribution in [1.82, 2.24) is 15.2 Å². The van der Waals surface area contributed by atoms with Gasteiger partial charge in [-0.2, -0.15) is 31.4 Å². The van der Waals surface area contributed by atoms with Crippen LogP contribution in [0.25, 0.3) is 11.4 Å². The van der Waals surface area contributed by atoms with E-state index in [-0.39, 0.29) is 10.6 Å². The highest BCUT2D eigenvalue weighted by Gasteiger charge is 2.31. The van der Waals surface area contributed by atoms with E-state index in [9.17, 15) is 26.3 Å². The standard InChI is InChI=1S/C10H8F3N3.C9H8F3NS/c1-6-2-7(9-14-5-15-16-9)4-8(3-6)10(11,12)13;1-5-2-6(8(13)14)4-7(3-5)9(10,11)12/h2-5H,1H3,(H,14,15,16);2-4H,1H3,(H2,13,14). The third-order valence-electron chi connectivity index (χ3n) is 3.78. The largest absolute Gasteiger partial charge is 0.416 e. The Labute approximate surface area is 173 Å². The molecule has 0 aliphatic heterocycles. The molecule has 0 amide bonds. The zero-order valence-corrected chi connectivity index (χ0v) is 16.5. The molecule has 0 fully saturated rings. The van der Waals surface area contributed by atoms with E-state index in [1.165, 1.54) is 12.4 Å². The molecule has 0 spiro atoms. The van der Waals surface area contributed by atoms with E-state index in [1.807, 2.05) is 0 Å². The lowest BCUT2D eigenvalue weighted by molar-refractivity contribution is -0.138. The first-order valence-corrected chi connectivity index (χ1v) is 8.71. The summed E-state index contributed by atoms with van der Waals surface area (Å²) < 4.78 is 74.6. The number of alkyl halides is 6.